The van der Waals surface area contributed by atoms with Crippen molar-refractivity contribution in [2.24, 2.45) is 0 Å². The minimum atomic E-state index is -4.28. The zero-order valence-electron chi connectivity index (χ0n) is 4.38. The first kappa shape index (κ1) is 17.4. The van der Waals surface area contributed by atoms with Crippen LogP contribution in [-0.2, 0) is 52.3 Å². The third-order valence-electron chi connectivity index (χ3n) is 0.133. The fraction of sp³-hybridized carbons (Fsp3) is 0. The molecule has 0 saturated carbocycles. The van der Waals surface area contributed by atoms with Crippen molar-refractivity contribution in [3.8, 4) is 0 Å². The second-order valence-corrected chi connectivity index (χ2v) is 9.13. The van der Waals surface area contributed by atoms with Crippen LogP contribution in [0.3, 0.4) is 0 Å². The van der Waals surface area contributed by atoms with Gasteiger partial charge < -0.3 is 5.48 Å². The van der Waals surface area contributed by atoms with Crippen LogP contribution in [0.5, 0.6) is 0 Å². The van der Waals surface area contributed by atoms with Crippen molar-refractivity contribution >= 4 is 0 Å². The Morgan fingerprint density at radius 1 is 0.889 bits per heavy atom. The molecule has 1 N–H and O–H groups in total. The van der Waals surface area contributed by atoms with Crippen LogP contribution in [0.1, 0.15) is 0 Å². The number of hydrogen-bond donors (Lipinski definition) is 0. The summed E-state index contributed by atoms with van der Waals surface area (Å²) < 4.78 is 41.1. The van der Waals surface area contributed by atoms with Crippen molar-refractivity contribution in [2.75, 3.05) is 0 Å². The third-order valence-corrected chi connectivity index (χ3v) is 8.93. The Labute approximate surface area is 107 Å². The number of hydrogen-bond acceptors (Lipinski definition) is 6. The van der Waals surface area contributed by atoms with E-state index < -0.39 is 37.6 Å². The van der Waals surface area contributed by atoms with E-state index >= 15 is 0 Å². The summed E-state index contributed by atoms with van der Waals surface area (Å²) in [6, 6.07) is 0. The SMILES string of the molecule is [K+].[OH-].[O]=[Ta](=[O])[O][Ta](=[O])=[O]. The van der Waals surface area contributed by atoms with E-state index in [2.05, 4.69) is 1.75 Å². The summed E-state index contributed by atoms with van der Waals surface area (Å²) in [4.78, 5) is 0. The van der Waals surface area contributed by atoms with Crippen molar-refractivity contribution < 1.29 is 109 Å². The zero-order chi connectivity index (χ0) is 5.86. The van der Waals surface area contributed by atoms with E-state index in [0.717, 1.165) is 0 Å². The molecule has 0 spiro atoms. The summed E-state index contributed by atoms with van der Waals surface area (Å²) >= 11 is -8.56. The average molecular weight is 498 g/mol. The van der Waals surface area contributed by atoms with Crippen molar-refractivity contribution in [3.63, 3.8) is 0 Å². The third kappa shape index (κ3) is 17.9. The Morgan fingerprint density at radius 2 is 1.11 bits per heavy atom. The predicted octanol–water partition coefficient (Wildman–Crippen LogP) is -3.72. The van der Waals surface area contributed by atoms with Gasteiger partial charge in [-0.3, -0.25) is 0 Å². The van der Waals surface area contributed by atoms with Crippen LogP contribution in [-0.4, -0.2) is 5.48 Å². The molecular formula is HKO6Ta2. The van der Waals surface area contributed by atoms with Gasteiger partial charge in [0.2, 0.25) is 0 Å². The molecule has 0 amide bonds. The van der Waals surface area contributed by atoms with Gasteiger partial charge >= 0.3 is 104 Å². The van der Waals surface area contributed by atoms with Gasteiger partial charge in [0.25, 0.3) is 0 Å². The van der Waals surface area contributed by atoms with Gasteiger partial charge in [-0.15, -0.1) is 0 Å². The number of rotatable bonds is 2. The van der Waals surface area contributed by atoms with Gasteiger partial charge in [-0.25, -0.2) is 0 Å². The van der Waals surface area contributed by atoms with Crippen molar-refractivity contribution in [2.45, 2.75) is 0 Å². The second-order valence-electron chi connectivity index (χ2n) is 0.529. The van der Waals surface area contributed by atoms with E-state index in [1.54, 1.807) is 0 Å². The molecule has 0 aliphatic heterocycles. The van der Waals surface area contributed by atoms with E-state index in [1.807, 2.05) is 0 Å². The van der Waals surface area contributed by atoms with Crippen LogP contribution < -0.4 is 51.4 Å². The molecule has 0 aromatic carbocycles. The molecule has 0 unspecified atom stereocenters. The molecule has 0 rings (SSSR count). The maximum atomic E-state index is 9.41. The van der Waals surface area contributed by atoms with Gasteiger partial charge in [-0.05, 0) is 0 Å². The quantitative estimate of drug-likeness (QED) is 0.363. The molecule has 0 bridgehead atoms. The van der Waals surface area contributed by atoms with Crippen molar-refractivity contribution in [1.29, 1.82) is 0 Å². The molecule has 0 aliphatic carbocycles. The minimum absolute atomic E-state index is 0. The van der Waals surface area contributed by atoms with Crippen LogP contribution >= 0.6 is 0 Å². The monoisotopic (exact) mass is 498 g/mol. The Kier molecular flexibility index (Phi) is 19.7. The van der Waals surface area contributed by atoms with Gasteiger partial charge in [0.15, 0.2) is 0 Å². The molecule has 9 heteroatoms. The Morgan fingerprint density at radius 3 is 1.11 bits per heavy atom. The van der Waals surface area contributed by atoms with Gasteiger partial charge in [-0.1, -0.05) is 0 Å². The summed E-state index contributed by atoms with van der Waals surface area (Å²) in [6.07, 6.45) is 0. The maximum absolute atomic E-state index is 9.41. The van der Waals surface area contributed by atoms with Gasteiger partial charge in [0.1, 0.15) is 0 Å². The van der Waals surface area contributed by atoms with Crippen LogP contribution in [0.15, 0.2) is 0 Å². The first-order chi connectivity index (χ1) is 3.13. The second kappa shape index (κ2) is 10.2. The van der Waals surface area contributed by atoms with E-state index in [0.29, 0.717) is 0 Å². The first-order valence-corrected chi connectivity index (χ1v) is 8.97. The van der Waals surface area contributed by atoms with E-state index in [9.17, 15) is 13.0 Å². The van der Waals surface area contributed by atoms with Crippen LogP contribution in [0.2, 0.25) is 0 Å². The molecule has 0 aromatic heterocycles. The molecular weight excluding hydrogens is 497 g/mol. The van der Waals surface area contributed by atoms with Crippen molar-refractivity contribution in [1.82, 2.24) is 0 Å². The summed E-state index contributed by atoms with van der Waals surface area (Å²) in [5.41, 5.74) is 0. The first-order valence-electron chi connectivity index (χ1n) is 1.10. The summed E-state index contributed by atoms with van der Waals surface area (Å²) in [6.45, 7) is 0. The Hall–Kier alpha value is 2.24. The Bertz CT molecular complexity index is 139. The standard InChI is InChI=1S/K.H2O.5O.2Ta/h;1H2;;;;;;;/q+1;;;;;;;;/p-1. The van der Waals surface area contributed by atoms with E-state index in [-0.39, 0.29) is 56.9 Å². The predicted molar refractivity (Wildman–Crippen MR) is 5.77 cm³/mol. The van der Waals surface area contributed by atoms with Crippen LogP contribution in [0, 0.1) is 0 Å². The van der Waals surface area contributed by atoms with Gasteiger partial charge in [-0.2, -0.15) is 0 Å². The zero-order valence-corrected chi connectivity index (χ0v) is 13.9. The fourth-order valence-electron chi connectivity index (χ4n) is 0.0544. The summed E-state index contributed by atoms with van der Waals surface area (Å²) in [7, 11) is 0. The topological polar surface area (TPSA) is 108 Å². The average Bonchev–Trinajstić information content (AvgIpc) is 1.27. The molecule has 48 valence electrons. The summed E-state index contributed by atoms with van der Waals surface area (Å²) in [5.74, 6) is 0. The molecule has 0 aliphatic rings. The molecule has 0 fully saturated rings. The molecule has 0 aromatic rings. The Balaban J connectivity index is -0.000000180. The van der Waals surface area contributed by atoms with Gasteiger partial charge in [0, 0.05) is 0 Å². The molecule has 6 nitrogen and oxygen atoms in total. The molecule has 0 saturated heterocycles. The molecule has 0 atom stereocenters. The van der Waals surface area contributed by atoms with Crippen molar-refractivity contribution in [3.05, 3.63) is 0 Å². The summed E-state index contributed by atoms with van der Waals surface area (Å²) in [5, 5.41) is 0. The van der Waals surface area contributed by atoms with Crippen LogP contribution in [0.25, 0.3) is 0 Å². The normalized spacial score (nSPS) is 6.22. The van der Waals surface area contributed by atoms with Gasteiger partial charge in [0.05, 0.1) is 0 Å². The van der Waals surface area contributed by atoms with E-state index in [4.69, 9.17) is 0 Å². The molecule has 9 heavy (non-hydrogen) atoms. The fourth-order valence-corrected chi connectivity index (χ4v) is 3.65. The van der Waals surface area contributed by atoms with Crippen LogP contribution in [0.4, 0.5) is 0 Å². The molecule has 0 radical (unpaired) electrons. The molecule has 0 heterocycles. The van der Waals surface area contributed by atoms with E-state index in [1.165, 1.54) is 0 Å².